The minimum absolute atomic E-state index is 0.103. The molecule has 0 spiro atoms. The Balaban J connectivity index is 1.78. The van der Waals surface area contributed by atoms with Gasteiger partial charge in [-0.1, -0.05) is 60.7 Å². The van der Waals surface area contributed by atoms with Crippen molar-refractivity contribution in [3.63, 3.8) is 0 Å². The lowest BCUT2D eigenvalue weighted by Gasteiger charge is -2.22. The van der Waals surface area contributed by atoms with E-state index in [9.17, 15) is 18.8 Å². The van der Waals surface area contributed by atoms with Gasteiger partial charge in [0.25, 0.3) is 5.91 Å². The molecule has 2 atom stereocenters. The van der Waals surface area contributed by atoms with Gasteiger partial charge in [0.1, 0.15) is 5.82 Å². The van der Waals surface area contributed by atoms with Crippen LogP contribution in [0.4, 0.5) is 4.39 Å². The van der Waals surface area contributed by atoms with E-state index in [0.717, 1.165) is 11.1 Å². The second-order valence-electron chi connectivity index (χ2n) is 8.25. The van der Waals surface area contributed by atoms with Gasteiger partial charge >= 0.3 is 5.97 Å². The van der Waals surface area contributed by atoms with Gasteiger partial charge in [0.05, 0.1) is 12.6 Å². The lowest BCUT2D eigenvalue weighted by molar-refractivity contribution is -0.143. The van der Waals surface area contributed by atoms with Gasteiger partial charge in [0.15, 0.2) is 5.78 Å². The molecule has 0 aliphatic rings. The Morgan fingerprint density at radius 3 is 2.03 bits per heavy atom. The van der Waals surface area contributed by atoms with Crippen LogP contribution in [0.2, 0.25) is 0 Å². The zero-order valence-corrected chi connectivity index (χ0v) is 19.1. The lowest BCUT2D eigenvalue weighted by Crippen LogP contribution is -2.43. The van der Waals surface area contributed by atoms with E-state index in [1.165, 1.54) is 19.1 Å². The molecule has 1 amide bonds. The molecule has 5 nitrogen and oxygen atoms in total. The number of amides is 1. The summed E-state index contributed by atoms with van der Waals surface area (Å²) >= 11 is 0. The van der Waals surface area contributed by atoms with Crippen LogP contribution in [0.5, 0.6) is 0 Å². The largest absolute Gasteiger partial charge is 0.466 e. The van der Waals surface area contributed by atoms with Crippen molar-refractivity contribution in [2.75, 3.05) is 6.61 Å². The smallest absolute Gasteiger partial charge is 0.302 e. The van der Waals surface area contributed by atoms with E-state index in [0.29, 0.717) is 12.0 Å². The zero-order valence-electron chi connectivity index (χ0n) is 19.1. The average Bonchev–Trinajstić information content (AvgIpc) is 2.84. The predicted octanol–water partition coefficient (Wildman–Crippen LogP) is 4.55. The quantitative estimate of drug-likeness (QED) is 0.425. The summed E-state index contributed by atoms with van der Waals surface area (Å²) in [7, 11) is 0. The van der Waals surface area contributed by atoms with Gasteiger partial charge in [0, 0.05) is 24.8 Å². The van der Waals surface area contributed by atoms with Gasteiger partial charge in [-0.2, -0.15) is 0 Å². The van der Waals surface area contributed by atoms with Crippen LogP contribution in [0, 0.1) is 11.7 Å². The van der Waals surface area contributed by atoms with Gasteiger partial charge in [0.2, 0.25) is 0 Å². The van der Waals surface area contributed by atoms with Crippen LogP contribution in [0.25, 0.3) is 0 Å². The molecule has 0 fully saturated rings. The molecule has 0 saturated heterocycles. The first-order valence-electron chi connectivity index (χ1n) is 11.2. The third-order valence-electron chi connectivity index (χ3n) is 5.46. The van der Waals surface area contributed by atoms with Crippen LogP contribution < -0.4 is 5.32 Å². The second-order valence-corrected chi connectivity index (χ2v) is 8.25. The summed E-state index contributed by atoms with van der Waals surface area (Å²) in [6, 6.07) is 23.4. The molecule has 0 bridgehead atoms. The molecule has 0 unspecified atom stereocenters. The van der Waals surface area contributed by atoms with Crippen molar-refractivity contribution >= 4 is 17.7 Å². The number of nitrogens with one attached hydrogen (secondary N) is 1. The molecule has 0 radical (unpaired) electrons. The second kappa shape index (κ2) is 12.4. The lowest BCUT2D eigenvalue weighted by atomic mass is 9.90. The summed E-state index contributed by atoms with van der Waals surface area (Å²) in [5.41, 5.74) is 2.20. The summed E-state index contributed by atoms with van der Waals surface area (Å²) in [5.74, 6) is -1.57. The normalized spacial score (nSPS) is 12.4. The molecule has 0 aromatic heterocycles. The van der Waals surface area contributed by atoms with Gasteiger partial charge in [-0.3, -0.25) is 14.4 Å². The Hall–Kier alpha value is -3.80. The zero-order chi connectivity index (χ0) is 24.3. The number of carbonyl (C=O) groups excluding carboxylic acids is 3. The Morgan fingerprint density at radius 1 is 0.824 bits per heavy atom. The highest BCUT2D eigenvalue weighted by Crippen LogP contribution is 2.17. The van der Waals surface area contributed by atoms with E-state index in [2.05, 4.69) is 5.32 Å². The first-order chi connectivity index (χ1) is 16.4. The summed E-state index contributed by atoms with van der Waals surface area (Å²) in [4.78, 5) is 37.6. The van der Waals surface area contributed by atoms with Gasteiger partial charge in [-0.25, -0.2) is 4.39 Å². The number of hydrogen-bond acceptors (Lipinski definition) is 4. The predicted molar refractivity (Wildman–Crippen MR) is 128 cm³/mol. The molecular weight excluding hydrogens is 433 g/mol. The molecule has 3 aromatic carbocycles. The number of carbonyl (C=O) groups is 3. The number of rotatable bonds is 11. The maximum Gasteiger partial charge on any atom is 0.302 e. The van der Waals surface area contributed by atoms with Crippen LogP contribution in [-0.4, -0.2) is 30.3 Å². The molecule has 34 heavy (non-hydrogen) atoms. The maximum absolute atomic E-state index is 13.4. The monoisotopic (exact) mass is 461 g/mol. The fourth-order valence-corrected chi connectivity index (χ4v) is 3.73. The molecule has 0 aliphatic carbocycles. The fourth-order valence-electron chi connectivity index (χ4n) is 3.73. The van der Waals surface area contributed by atoms with Crippen molar-refractivity contribution in [1.29, 1.82) is 0 Å². The Labute approximate surface area is 199 Å². The number of hydrogen-bond donors (Lipinski definition) is 1. The van der Waals surface area contributed by atoms with E-state index in [1.807, 2.05) is 30.3 Å². The Morgan fingerprint density at radius 2 is 1.41 bits per heavy atom. The Bertz CT molecular complexity index is 1080. The van der Waals surface area contributed by atoms with Crippen LogP contribution in [0.1, 0.15) is 34.8 Å². The maximum atomic E-state index is 13.4. The Kier molecular flexibility index (Phi) is 9.09. The summed E-state index contributed by atoms with van der Waals surface area (Å²) in [6.45, 7) is 1.44. The third kappa shape index (κ3) is 7.96. The highest BCUT2D eigenvalue weighted by molar-refractivity contribution is 5.98. The fraction of sp³-hybridized carbons (Fsp3) is 0.250. The molecular formula is C28H28FNO4. The van der Waals surface area contributed by atoms with Crippen molar-refractivity contribution < 1.29 is 23.5 Å². The minimum atomic E-state index is -0.811. The number of ether oxygens (including phenoxy) is 1. The first kappa shape index (κ1) is 24.8. The molecule has 176 valence electrons. The minimum Gasteiger partial charge on any atom is -0.466 e. The molecule has 0 heterocycles. The topological polar surface area (TPSA) is 72.5 Å². The summed E-state index contributed by atoms with van der Waals surface area (Å²) in [6.07, 6.45) is 0.891. The molecule has 1 N–H and O–H groups in total. The summed E-state index contributed by atoms with van der Waals surface area (Å²) < 4.78 is 18.6. The first-order valence-corrected chi connectivity index (χ1v) is 11.2. The van der Waals surface area contributed by atoms with Crippen molar-refractivity contribution in [2.45, 2.75) is 32.2 Å². The third-order valence-corrected chi connectivity index (χ3v) is 5.46. The standard InChI is InChI=1S/C28H28FNO4/c1-20(31)34-19-23(16-21-8-4-2-5-9-21)18-27(32)26(17-22-12-14-25(29)15-13-22)30-28(33)24-10-6-3-7-11-24/h2-15,23,26H,16-19H2,1H3,(H,30,33)/t23-,26+/m1/s1. The van der Waals surface area contributed by atoms with Crippen molar-refractivity contribution in [3.8, 4) is 0 Å². The molecule has 3 rings (SSSR count). The molecule has 0 saturated carbocycles. The molecule has 0 aliphatic heterocycles. The van der Waals surface area contributed by atoms with E-state index in [1.54, 1.807) is 42.5 Å². The van der Waals surface area contributed by atoms with Gasteiger partial charge < -0.3 is 10.1 Å². The van der Waals surface area contributed by atoms with Crippen LogP contribution in [-0.2, 0) is 27.2 Å². The van der Waals surface area contributed by atoms with E-state index in [-0.39, 0.29) is 42.9 Å². The molecule has 6 heteroatoms. The highest BCUT2D eigenvalue weighted by atomic mass is 19.1. The number of ketones is 1. The van der Waals surface area contributed by atoms with Crippen molar-refractivity contribution in [2.24, 2.45) is 5.92 Å². The van der Waals surface area contributed by atoms with Gasteiger partial charge in [-0.15, -0.1) is 0 Å². The number of benzene rings is 3. The van der Waals surface area contributed by atoms with Crippen LogP contribution >= 0.6 is 0 Å². The van der Waals surface area contributed by atoms with Crippen molar-refractivity contribution in [1.82, 2.24) is 5.32 Å². The SMILES string of the molecule is CC(=O)OC[C@@H](CC(=O)[C@H](Cc1ccc(F)cc1)NC(=O)c1ccccc1)Cc1ccccc1. The average molecular weight is 462 g/mol. The number of esters is 1. The van der Waals surface area contributed by atoms with E-state index >= 15 is 0 Å². The number of halogens is 1. The van der Waals surface area contributed by atoms with E-state index in [4.69, 9.17) is 4.74 Å². The highest BCUT2D eigenvalue weighted by Gasteiger charge is 2.25. The van der Waals surface area contributed by atoms with Crippen molar-refractivity contribution in [3.05, 3.63) is 107 Å². The molecule has 3 aromatic rings. The number of Topliss-reactive ketones (excluding diaryl/α,β-unsaturated/α-hetero) is 1. The van der Waals surface area contributed by atoms with E-state index < -0.39 is 12.0 Å². The summed E-state index contributed by atoms with van der Waals surface area (Å²) in [5, 5.41) is 2.84. The van der Waals surface area contributed by atoms with Gasteiger partial charge in [-0.05, 0) is 48.2 Å². The van der Waals surface area contributed by atoms with Crippen LogP contribution in [0.3, 0.4) is 0 Å². The van der Waals surface area contributed by atoms with Crippen LogP contribution in [0.15, 0.2) is 84.9 Å².